The Morgan fingerprint density at radius 2 is 1.95 bits per heavy atom. The van der Waals surface area contributed by atoms with Gasteiger partial charge in [0.1, 0.15) is 11.7 Å². The first-order valence-corrected chi connectivity index (χ1v) is 8.60. The predicted molar refractivity (Wildman–Crippen MR) is 81.5 cm³/mol. The zero-order valence-electron chi connectivity index (χ0n) is 11.8. The van der Waals surface area contributed by atoms with E-state index >= 15 is 0 Å². The van der Waals surface area contributed by atoms with Crippen LogP contribution in [0.25, 0.3) is 0 Å². The quantitative estimate of drug-likeness (QED) is 0.924. The van der Waals surface area contributed by atoms with Gasteiger partial charge in [-0.3, -0.25) is 10.1 Å². The third kappa shape index (κ3) is 1.89. The van der Waals surface area contributed by atoms with Gasteiger partial charge in [0, 0.05) is 11.3 Å². The number of amides is 1. The Morgan fingerprint density at radius 3 is 2.50 bits per heavy atom. The Balaban J connectivity index is 1.64. The van der Waals surface area contributed by atoms with Gasteiger partial charge in [0.2, 0.25) is 5.91 Å². The fourth-order valence-electron chi connectivity index (χ4n) is 3.22. The Labute approximate surface area is 124 Å². The Bertz CT molecular complexity index is 537. The van der Waals surface area contributed by atoms with Crippen molar-refractivity contribution in [2.24, 2.45) is 0 Å². The van der Waals surface area contributed by atoms with Crippen molar-refractivity contribution in [2.45, 2.75) is 42.1 Å². The summed E-state index contributed by atoms with van der Waals surface area (Å²) in [7, 11) is 0. The fourth-order valence-corrected chi connectivity index (χ4v) is 3.99. The van der Waals surface area contributed by atoms with Crippen LogP contribution in [-0.2, 0) is 4.79 Å². The van der Waals surface area contributed by atoms with Crippen LogP contribution in [0, 0.1) is 0 Å². The van der Waals surface area contributed by atoms with Crippen LogP contribution < -0.4 is 5.32 Å². The molecule has 4 heteroatoms. The molecule has 1 heterocycles. The predicted octanol–water partition coefficient (Wildman–Crippen LogP) is 2.55. The lowest BCUT2D eigenvalue weighted by molar-refractivity contribution is -0.130. The van der Waals surface area contributed by atoms with Crippen LogP contribution in [0.2, 0.25) is 0 Å². The van der Waals surface area contributed by atoms with Crippen LogP contribution in [0.3, 0.4) is 0 Å². The zero-order valence-corrected chi connectivity index (χ0v) is 12.6. The maximum Gasteiger partial charge on any atom is 0.244 e. The summed E-state index contributed by atoms with van der Waals surface area (Å²) in [5.41, 5.74) is 0.983. The lowest BCUT2D eigenvalue weighted by Gasteiger charge is -2.28. The Kier molecular flexibility index (Phi) is 2.70. The highest BCUT2D eigenvalue weighted by Crippen LogP contribution is 2.52. The normalized spacial score (nSPS) is 28.9. The maximum atomic E-state index is 12.7. The fraction of sp³-hybridized carbons (Fsp3) is 0.562. The molecule has 2 saturated carbocycles. The first-order chi connectivity index (χ1) is 9.68. The van der Waals surface area contributed by atoms with Crippen molar-refractivity contribution in [3.05, 3.63) is 35.9 Å². The van der Waals surface area contributed by atoms with E-state index in [1.807, 2.05) is 17.8 Å². The van der Waals surface area contributed by atoms with E-state index in [2.05, 4.69) is 40.7 Å². The molecule has 1 amide bonds. The summed E-state index contributed by atoms with van der Waals surface area (Å²) in [4.78, 5) is 14.9. The van der Waals surface area contributed by atoms with Crippen molar-refractivity contribution < 1.29 is 4.79 Å². The number of nitrogens with zero attached hydrogens (tertiary/aromatic N) is 1. The van der Waals surface area contributed by atoms with Crippen LogP contribution >= 0.6 is 11.8 Å². The molecule has 1 N–H and O–H groups in total. The van der Waals surface area contributed by atoms with Gasteiger partial charge < -0.3 is 4.90 Å². The number of hydrogen-bond donors (Lipinski definition) is 1. The van der Waals surface area contributed by atoms with E-state index in [0.29, 0.717) is 10.7 Å². The van der Waals surface area contributed by atoms with Crippen LogP contribution in [0.4, 0.5) is 0 Å². The van der Waals surface area contributed by atoms with Crippen molar-refractivity contribution in [1.29, 1.82) is 0 Å². The largest absolute Gasteiger partial charge is 0.320 e. The third-order valence-corrected chi connectivity index (χ3v) is 6.36. The molecule has 1 aliphatic heterocycles. The molecule has 1 aromatic rings. The second-order valence-corrected chi connectivity index (χ2v) is 7.63. The molecule has 1 atom stereocenters. The Morgan fingerprint density at radius 1 is 1.25 bits per heavy atom. The summed E-state index contributed by atoms with van der Waals surface area (Å²) in [6, 6.07) is 10.4. The van der Waals surface area contributed by atoms with Crippen molar-refractivity contribution >= 4 is 17.7 Å². The monoisotopic (exact) mass is 288 g/mol. The molecular weight excluding hydrogens is 268 g/mol. The first-order valence-electron chi connectivity index (χ1n) is 7.37. The molecule has 0 radical (unpaired) electrons. The standard InChI is InChI=1S/C16H20N2OS/c1-20-15(7-8-15)11-18-13(12-5-3-2-4-6-12)17-16(9-10-16)14(18)19/h2-6,13,17H,7-11H2,1H3. The van der Waals surface area contributed by atoms with Gasteiger partial charge in [0.25, 0.3) is 0 Å². The summed E-state index contributed by atoms with van der Waals surface area (Å²) in [6.07, 6.45) is 6.72. The summed E-state index contributed by atoms with van der Waals surface area (Å²) < 4.78 is 0.324. The molecule has 3 fully saturated rings. The van der Waals surface area contributed by atoms with E-state index in [9.17, 15) is 4.79 Å². The van der Waals surface area contributed by atoms with E-state index in [4.69, 9.17) is 0 Å². The lowest BCUT2D eigenvalue weighted by Crippen LogP contribution is -2.37. The molecule has 1 saturated heterocycles. The maximum absolute atomic E-state index is 12.7. The zero-order chi connectivity index (χ0) is 13.8. The number of thioether (sulfide) groups is 1. The molecule has 3 aliphatic rings. The minimum atomic E-state index is -0.227. The van der Waals surface area contributed by atoms with Gasteiger partial charge in [-0.05, 0) is 37.5 Å². The average molecular weight is 288 g/mol. The molecule has 1 unspecified atom stereocenters. The lowest BCUT2D eigenvalue weighted by atomic mass is 10.1. The van der Waals surface area contributed by atoms with E-state index in [0.717, 1.165) is 19.4 Å². The molecule has 3 nitrogen and oxygen atoms in total. The first kappa shape index (κ1) is 12.7. The molecule has 4 rings (SSSR count). The Hall–Kier alpha value is -1.00. The molecule has 2 aliphatic carbocycles. The highest BCUT2D eigenvalue weighted by atomic mass is 32.2. The highest BCUT2D eigenvalue weighted by molar-refractivity contribution is 8.00. The van der Waals surface area contributed by atoms with Crippen LogP contribution in [0.1, 0.15) is 37.4 Å². The van der Waals surface area contributed by atoms with Gasteiger partial charge in [-0.15, -0.1) is 0 Å². The van der Waals surface area contributed by atoms with Gasteiger partial charge in [-0.1, -0.05) is 30.3 Å². The summed E-state index contributed by atoms with van der Waals surface area (Å²) in [5, 5.41) is 3.60. The second kappa shape index (κ2) is 4.25. The van der Waals surface area contributed by atoms with Gasteiger partial charge in [0.15, 0.2) is 0 Å². The molecule has 1 spiro atoms. The van der Waals surface area contributed by atoms with Crippen molar-refractivity contribution in [1.82, 2.24) is 10.2 Å². The van der Waals surface area contributed by atoms with Crippen molar-refractivity contribution in [2.75, 3.05) is 12.8 Å². The van der Waals surface area contributed by atoms with E-state index in [1.165, 1.54) is 18.4 Å². The van der Waals surface area contributed by atoms with Gasteiger partial charge >= 0.3 is 0 Å². The molecular formula is C16H20N2OS. The highest BCUT2D eigenvalue weighted by Gasteiger charge is 2.61. The average Bonchev–Trinajstić information content (AvgIpc) is 3.38. The SMILES string of the molecule is CSC1(CN2C(=O)C3(CC3)NC2c2ccccc2)CC1. The number of rotatable bonds is 4. The number of benzene rings is 1. The van der Waals surface area contributed by atoms with Crippen molar-refractivity contribution in [3.8, 4) is 0 Å². The van der Waals surface area contributed by atoms with Gasteiger partial charge in [-0.25, -0.2) is 0 Å². The van der Waals surface area contributed by atoms with E-state index in [-0.39, 0.29) is 11.7 Å². The molecule has 0 bridgehead atoms. The smallest absolute Gasteiger partial charge is 0.244 e. The molecule has 1 aromatic carbocycles. The van der Waals surface area contributed by atoms with Crippen LogP contribution in [-0.4, -0.2) is 33.9 Å². The van der Waals surface area contributed by atoms with Crippen LogP contribution in [0.15, 0.2) is 30.3 Å². The van der Waals surface area contributed by atoms with Crippen molar-refractivity contribution in [3.63, 3.8) is 0 Å². The molecule has 20 heavy (non-hydrogen) atoms. The summed E-state index contributed by atoms with van der Waals surface area (Å²) in [5.74, 6) is 0.326. The number of nitrogens with one attached hydrogen (secondary N) is 1. The second-order valence-electron chi connectivity index (χ2n) is 6.36. The number of hydrogen-bond acceptors (Lipinski definition) is 3. The summed E-state index contributed by atoms with van der Waals surface area (Å²) >= 11 is 1.92. The molecule has 0 aromatic heterocycles. The minimum absolute atomic E-state index is 0.0656. The molecule has 106 valence electrons. The van der Waals surface area contributed by atoms with E-state index < -0.39 is 0 Å². The number of carbonyl (C=O) groups excluding carboxylic acids is 1. The van der Waals surface area contributed by atoms with E-state index in [1.54, 1.807) is 0 Å². The number of carbonyl (C=O) groups is 1. The third-order valence-electron chi connectivity index (χ3n) is 4.96. The van der Waals surface area contributed by atoms with Crippen LogP contribution in [0.5, 0.6) is 0 Å². The van der Waals surface area contributed by atoms with Gasteiger partial charge in [-0.2, -0.15) is 11.8 Å². The topological polar surface area (TPSA) is 32.3 Å². The summed E-state index contributed by atoms with van der Waals surface area (Å²) in [6.45, 7) is 0.890. The van der Waals surface area contributed by atoms with Gasteiger partial charge in [0.05, 0.1) is 0 Å². The minimum Gasteiger partial charge on any atom is -0.320 e.